The smallest absolute Gasteiger partial charge is 0.248 e. The van der Waals surface area contributed by atoms with Crippen LogP contribution in [0.2, 0.25) is 0 Å². The van der Waals surface area contributed by atoms with Gasteiger partial charge in [0, 0.05) is 11.0 Å². The van der Waals surface area contributed by atoms with Gasteiger partial charge in [0.25, 0.3) is 0 Å². The highest BCUT2D eigenvalue weighted by Gasteiger charge is 2.06. The molecule has 2 aromatic rings. The summed E-state index contributed by atoms with van der Waals surface area (Å²) in [5, 5.41) is 2.77. The monoisotopic (exact) mass is 316 g/mol. The van der Waals surface area contributed by atoms with Crippen LogP contribution in [0, 0.1) is 6.92 Å². The van der Waals surface area contributed by atoms with E-state index in [1.807, 2.05) is 31.2 Å². The minimum absolute atomic E-state index is 0.161. The summed E-state index contributed by atoms with van der Waals surface area (Å²) in [5.74, 6) is 0.881. The quantitative estimate of drug-likeness (QED) is 0.634. The van der Waals surface area contributed by atoms with Crippen LogP contribution < -0.4 is 11.1 Å². The molecule has 3 N–H and O–H groups in total. The van der Waals surface area contributed by atoms with Gasteiger partial charge in [-0.1, -0.05) is 12.1 Å². The number of para-hydroxylation sites is 1. The zero-order valence-corrected chi connectivity index (χ0v) is 12.9. The molecular formula is C16H16N2O3S. The summed E-state index contributed by atoms with van der Waals surface area (Å²) < 4.78 is 5.35. The fraction of sp³-hybridized carbons (Fsp3) is 0.125. The van der Waals surface area contributed by atoms with Gasteiger partial charge in [-0.25, -0.2) is 0 Å². The van der Waals surface area contributed by atoms with Gasteiger partial charge in [0.1, 0.15) is 11.5 Å². The summed E-state index contributed by atoms with van der Waals surface area (Å²) in [5.41, 5.74) is 5.77. The maximum atomic E-state index is 11.9. The van der Waals surface area contributed by atoms with Crippen LogP contribution >= 0.6 is 11.8 Å². The van der Waals surface area contributed by atoms with Crippen molar-refractivity contribution in [3.63, 3.8) is 0 Å². The zero-order chi connectivity index (χ0) is 15.9. The van der Waals surface area contributed by atoms with Gasteiger partial charge < -0.3 is 15.5 Å². The van der Waals surface area contributed by atoms with Gasteiger partial charge in [0.15, 0.2) is 0 Å². The molecule has 2 rings (SSSR count). The van der Waals surface area contributed by atoms with Crippen LogP contribution in [0.25, 0.3) is 6.08 Å². The summed E-state index contributed by atoms with van der Waals surface area (Å²) >= 11 is 1.28. The fourth-order valence-corrected chi connectivity index (χ4v) is 2.47. The Labute approximate surface area is 132 Å². The third-order valence-electron chi connectivity index (χ3n) is 2.67. The van der Waals surface area contributed by atoms with Gasteiger partial charge in [-0.3, -0.25) is 9.59 Å². The summed E-state index contributed by atoms with van der Waals surface area (Å²) in [4.78, 5) is 23.6. The Kier molecular flexibility index (Phi) is 5.43. The number of rotatable bonds is 6. The predicted octanol–water partition coefficient (Wildman–Crippen LogP) is 2.82. The Bertz CT molecular complexity index is 707. The molecule has 0 fully saturated rings. The van der Waals surface area contributed by atoms with E-state index in [1.165, 1.54) is 17.8 Å². The molecule has 0 aliphatic carbocycles. The van der Waals surface area contributed by atoms with Crippen molar-refractivity contribution in [2.24, 2.45) is 5.73 Å². The molecule has 0 saturated carbocycles. The second-order valence-electron chi connectivity index (χ2n) is 4.52. The molecule has 1 heterocycles. The van der Waals surface area contributed by atoms with Gasteiger partial charge in [-0.05, 0) is 37.3 Å². The van der Waals surface area contributed by atoms with Gasteiger partial charge in [0.05, 0.1) is 11.4 Å². The van der Waals surface area contributed by atoms with E-state index in [2.05, 4.69) is 5.32 Å². The van der Waals surface area contributed by atoms with Crippen molar-refractivity contribution in [3.8, 4) is 0 Å². The molecule has 114 valence electrons. The van der Waals surface area contributed by atoms with Gasteiger partial charge >= 0.3 is 0 Å². The Balaban J connectivity index is 2.02. The number of anilines is 1. The molecule has 0 saturated heterocycles. The lowest BCUT2D eigenvalue weighted by molar-refractivity contribution is -0.115. The number of hydrogen-bond acceptors (Lipinski definition) is 4. The molecule has 6 heteroatoms. The Morgan fingerprint density at radius 2 is 2.05 bits per heavy atom. The summed E-state index contributed by atoms with van der Waals surface area (Å²) in [6.07, 6.45) is 3.00. The van der Waals surface area contributed by atoms with Crippen LogP contribution in [0.3, 0.4) is 0 Å². The van der Waals surface area contributed by atoms with Gasteiger partial charge in [0.2, 0.25) is 11.8 Å². The highest BCUT2D eigenvalue weighted by atomic mass is 32.2. The van der Waals surface area contributed by atoms with Crippen molar-refractivity contribution in [2.75, 3.05) is 11.1 Å². The van der Waals surface area contributed by atoms with Crippen molar-refractivity contribution >= 4 is 35.3 Å². The molecule has 22 heavy (non-hydrogen) atoms. The summed E-state index contributed by atoms with van der Waals surface area (Å²) in [6.45, 7) is 1.84. The third kappa shape index (κ3) is 4.82. The van der Waals surface area contributed by atoms with E-state index in [1.54, 1.807) is 18.2 Å². The SMILES string of the molecule is Cc1ccc(C=CC(=O)Nc2ccccc2SCC(N)=O)o1. The highest BCUT2D eigenvalue weighted by Crippen LogP contribution is 2.26. The molecular weight excluding hydrogens is 300 g/mol. The third-order valence-corrected chi connectivity index (χ3v) is 3.77. The molecule has 0 atom stereocenters. The fourth-order valence-electron chi connectivity index (χ4n) is 1.72. The number of amides is 2. The second kappa shape index (κ2) is 7.51. The van der Waals surface area contributed by atoms with Crippen LogP contribution in [0.5, 0.6) is 0 Å². The molecule has 1 aromatic carbocycles. The predicted molar refractivity (Wildman–Crippen MR) is 87.5 cm³/mol. The maximum absolute atomic E-state index is 11.9. The van der Waals surface area contributed by atoms with Crippen LogP contribution in [0.4, 0.5) is 5.69 Å². The number of aryl methyl sites for hydroxylation is 1. The Morgan fingerprint density at radius 3 is 2.73 bits per heavy atom. The number of carbonyl (C=O) groups is 2. The zero-order valence-electron chi connectivity index (χ0n) is 12.0. The van der Waals surface area contributed by atoms with Gasteiger partial charge in [-0.15, -0.1) is 11.8 Å². The first-order valence-corrected chi connectivity index (χ1v) is 7.59. The number of hydrogen-bond donors (Lipinski definition) is 2. The maximum Gasteiger partial charge on any atom is 0.248 e. The lowest BCUT2D eigenvalue weighted by atomic mass is 10.3. The molecule has 2 amide bonds. The van der Waals surface area contributed by atoms with E-state index in [0.29, 0.717) is 11.4 Å². The number of carbonyl (C=O) groups excluding carboxylic acids is 2. The van der Waals surface area contributed by atoms with Crippen molar-refractivity contribution in [3.05, 3.63) is 54.0 Å². The van der Waals surface area contributed by atoms with Crippen molar-refractivity contribution in [2.45, 2.75) is 11.8 Å². The topological polar surface area (TPSA) is 85.3 Å². The van der Waals surface area contributed by atoms with E-state index < -0.39 is 5.91 Å². The molecule has 0 aliphatic rings. The minimum Gasteiger partial charge on any atom is -0.462 e. The van der Waals surface area contributed by atoms with E-state index in [-0.39, 0.29) is 11.7 Å². The Morgan fingerprint density at radius 1 is 1.27 bits per heavy atom. The molecule has 0 radical (unpaired) electrons. The second-order valence-corrected chi connectivity index (χ2v) is 5.54. The molecule has 0 spiro atoms. The summed E-state index contributed by atoms with van der Waals surface area (Å²) in [7, 11) is 0. The number of nitrogens with two attached hydrogens (primary N) is 1. The molecule has 0 aliphatic heterocycles. The highest BCUT2D eigenvalue weighted by molar-refractivity contribution is 8.00. The first-order valence-electron chi connectivity index (χ1n) is 6.60. The van der Waals surface area contributed by atoms with E-state index in [4.69, 9.17) is 10.2 Å². The van der Waals surface area contributed by atoms with Crippen molar-refractivity contribution < 1.29 is 14.0 Å². The van der Waals surface area contributed by atoms with Crippen LogP contribution in [-0.2, 0) is 9.59 Å². The number of primary amides is 1. The normalized spacial score (nSPS) is 10.8. The number of furan rings is 1. The van der Waals surface area contributed by atoms with Crippen molar-refractivity contribution in [1.82, 2.24) is 0 Å². The van der Waals surface area contributed by atoms with Crippen LogP contribution in [0.15, 0.2) is 51.8 Å². The van der Waals surface area contributed by atoms with Crippen LogP contribution in [-0.4, -0.2) is 17.6 Å². The Hall–Kier alpha value is -2.47. The average Bonchev–Trinajstić information content (AvgIpc) is 2.90. The number of thioether (sulfide) groups is 1. The first-order chi connectivity index (χ1) is 10.5. The lowest BCUT2D eigenvalue weighted by Gasteiger charge is -2.08. The molecule has 5 nitrogen and oxygen atoms in total. The summed E-state index contributed by atoms with van der Waals surface area (Å²) in [6, 6.07) is 10.8. The lowest BCUT2D eigenvalue weighted by Crippen LogP contribution is -2.13. The standard InChI is InChI=1S/C16H16N2O3S/c1-11-6-7-12(21-11)8-9-16(20)18-13-4-2-3-5-14(13)22-10-15(17)19/h2-9H,10H2,1H3,(H2,17,19)(H,18,20). The molecule has 0 unspecified atom stereocenters. The minimum atomic E-state index is -0.404. The van der Waals surface area contributed by atoms with E-state index in [9.17, 15) is 9.59 Å². The molecule has 1 aromatic heterocycles. The molecule has 0 bridgehead atoms. The van der Waals surface area contributed by atoms with Crippen molar-refractivity contribution in [1.29, 1.82) is 0 Å². The van der Waals surface area contributed by atoms with E-state index >= 15 is 0 Å². The van der Waals surface area contributed by atoms with Crippen LogP contribution in [0.1, 0.15) is 11.5 Å². The first kappa shape index (κ1) is 15.9. The number of benzene rings is 1. The van der Waals surface area contributed by atoms with E-state index in [0.717, 1.165) is 10.7 Å². The average molecular weight is 316 g/mol. The van der Waals surface area contributed by atoms with Gasteiger partial charge in [-0.2, -0.15) is 0 Å². The largest absolute Gasteiger partial charge is 0.462 e. The number of nitrogens with one attached hydrogen (secondary N) is 1.